The average Bonchev–Trinajstić information content (AvgIpc) is 3.11. The summed E-state index contributed by atoms with van der Waals surface area (Å²) in [6.07, 6.45) is 3.00. The van der Waals surface area contributed by atoms with E-state index in [0.717, 1.165) is 23.0 Å². The minimum absolute atomic E-state index is 0.0840. The Balaban J connectivity index is 1.19. The predicted molar refractivity (Wildman–Crippen MR) is 192 cm³/mol. The van der Waals surface area contributed by atoms with Crippen LogP contribution in [0.1, 0.15) is 36.1 Å². The number of carbonyl (C=O) groups excluding carboxylic acids is 1. The van der Waals surface area contributed by atoms with Crippen LogP contribution in [0.4, 0.5) is 17.3 Å². The van der Waals surface area contributed by atoms with Gasteiger partial charge in [-0.1, -0.05) is 92.7 Å². The first-order valence-corrected chi connectivity index (χ1v) is 18.2. The van der Waals surface area contributed by atoms with Gasteiger partial charge in [0.15, 0.2) is 0 Å². The standard InChI is InChI=1S/C38H40N6O4Si/c1-26-13-12-14-27(2)34(26)44-35-29(23-39)37(42-25-41-35)48-31(36(45)43-33-19-10-11-20-40-33)24-46-21-22-47-49(28-15-6-5-7-16-28)32-18-9-8-17-30(32)38(49,3)4/h5-20,23,25,31,39H,21-22,24H2,1-4H3,(H,40,43,45)(H,41,42,44)/p+1. The lowest BCUT2D eigenvalue weighted by Gasteiger charge is -2.55. The van der Waals surface area contributed by atoms with Gasteiger partial charge in [-0.3, -0.25) is 10.1 Å². The minimum atomic E-state index is -2.58. The number of aromatic nitrogens is 3. The van der Waals surface area contributed by atoms with E-state index >= 15 is 0 Å². The number of pyridine rings is 1. The SMILES string of the molecule is Cc1cccc(C)c1[NH2+]c1ncnc(OC(COCCO[Si]2(c3ccccc3)c3ccccc3C2(C)C)C(=O)Nc2ccccn2)c1C=N. The lowest BCUT2D eigenvalue weighted by molar-refractivity contribution is -0.484. The van der Waals surface area contributed by atoms with Crippen molar-refractivity contribution in [3.8, 4) is 5.88 Å². The summed E-state index contributed by atoms with van der Waals surface area (Å²) in [6, 6.07) is 30.3. The van der Waals surface area contributed by atoms with Gasteiger partial charge in [-0.2, -0.15) is 4.98 Å². The first-order valence-electron chi connectivity index (χ1n) is 16.3. The molecule has 0 bridgehead atoms. The van der Waals surface area contributed by atoms with Crippen LogP contribution in [0.5, 0.6) is 5.88 Å². The smallest absolute Gasteiger partial charge is 0.269 e. The number of nitrogens with one attached hydrogen (secondary N) is 2. The number of nitrogens with two attached hydrogens (primary N) is 1. The zero-order valence-electron chi connectivity index (χ0n) is 28.1. The Hall–Kier alpha value is -5.07. The Kier molecular flexibility index (Phi) is 10.1. The van der Waals surface area contributed by atoms with Crippen molar-refractivity contribution < 1.29 is 24.0 Å². The van der Waals surface area contributed by atoms with E-state index in [9.17, 15) is 4.79 Å². The highest BCUT2D eigenvalue weighted by molar-refractivity contribution is 7.03. The van der Waals surface area contributed by atoms with Crippen molar-refractivity contribution in [2.45, 2.75) is 38.8 Å². The van der Waals surface area contributed by atoms with Crippen molar-refractivity contribution in [1.82, 2.24) is 15.0 Å². The Bertz CT molecular complexity index is 1920. The molecule has 11 heteroatoms. The number of benzene rings is 3. The fraction of sp³-hybridized carbons (Fsp3) is 0.237. The average molecular weight is 674 g/mol. The van der Waals surface area contributed by atoms with Crippen LogP contribution in [0.3, 0.4) is 0 Å². The predicted octanol–water partition coefficient (Wildman–Crippen LogP) is 4.02. The fourth-order valence-corrected chi connectivity index (χ4v) is 11.6. The second-order valence-electron chi connectivity index (χ2n) is 12.5. The highest BCUT2D eigenvalue weighted by atomic mass is 28.4. The molecule has 1 aliphatic rings. The van der Waals surface area contributed by atoms with E-state index in [4.69, 9.17) is 19.3 Å². The van der Waals surface area contributed by atoms with E-state index in [-0.39, 0.29) is 24.1 Å². The number of hydrogen-bond donors (Lipinski definition) is 3. The van der Waals surface area contributed by atoms with Gasteiger partial charge in [0, 0.05) is 28.6 Å². The van der Waals surface area contributed by atoms with Gasteiger partial charge in [0.1, 0.15) is 23.4 Å². The Morgan fingerprint density at radius 2 is 1.65 bits per heavy atom. The molecular weight excluding hydrogens is 633 g/mol. The summed E-state index contributed by atoms with van der Waals surface area (Å²) >= 11 is 0. The number of ether oxygens (including phenoxy) is 2. The zero-order valence-corrected chi connectivity index (χ0v) is 29.1. The Morgan fingerprint density at radius 1 is 0.918 bits per heavy atom. The van der Waals surface area contributed by atoms with E-state index in [2.05, 4.69) is 82.6 Å². The quantitative estimate of drug-likeness (QED) is 0.0702. The molecule has 0 saturated carbocycles. The fourth-order valence-electron chi connectivity index (χ4n) is 6.64. The van der Waals surface area contributed by atoms with E-state index in [0.29, 0.717) is 23.8 Å². The number of rotatable bonds is 14. The molecule has 2 atom stereocenters. The number of nitrogens with zero attached hydrogens (tertiary/aromatic N) is 3. The molecule has 0 aliphatic carbocycles. The highest BCUT2D eigenvalue weighted by Gasteiger charge is 2.62. The summed E-state index contributed by atoms with van der Waals surface area (Å²) < 4.78 is 19.2. The molecule has 3 heterocycles. The largest absolute Gasteiger partial charge is 0.461 e. The van der Waals surface area contributed by atoms with Crippen LogP contribution in [0.15, 0.2) is 104 Å². The van der Waals surface area contributed by atoms with E-state index in [1.165, 1.54) is 22.3 Å². The van der Waals surface area contributed by atoms with Crippen LogP contribution in [-0.2, 0) is 19.0 Å². The highest BCUT2D eigenvalue weighted by Crippen LogP contribution is 2.42. The minimum Gasteiger partial charge on any atom is -0.461 e. The number of fused-ring (bicyclic) bond motifs is 1. The Labute approximate surface area is 287 Å². The van der Waals surface area contributed by atoms with Gasteiger partial charge in [0.25, 0.3) is 14.2 Å². The topological polar surface area (TPSA) is 136 Å². The summed E-state index contributed by atoms with van der Waals surface area (Å²) in [7, 11) is -2.58. The third-order valence-electron chi connectivity index (χ3n) is 9.16. The van der Waals surface area contributed by atoms with Crippen LogP contribution in [0.25, 0.3) is 0 Å². The maximum atomic E-state index is 13.6. The number of carbonyl (C=O) groups is 1. The Morgan fingerprint density at radius 3 is 2.39 bits per heavy atom. The maximum absolute atomic E-state index is 13.6. The molecule has 1 aliphatic heterocycles. The van der Waals surface area contributed by atoms with Crippen LogP contribution < -0.4 is 25.7 Å². The number of quaternary nitrogens is 1. The molecule has 10 nitrogen and oxygen atoms in total. The maximum Gasteiger partial charge on any atom is 0.269 e. The molecule has 0 fully saturated rings. The van der Waals surface area contributed by atoms with Crippen LogP contribution in [-0.4, -0.2) is 61.3 Å². The molecule has 3 aromatic carbocycles. The molecule has 0 spiro atoms. The molecule has 6 rings (SSSR count). The normalized spacial score (nSPS) is 16.6. The van der Waals surface area contributed by atoms with Gasteiger partial charge in [-0.25, -0.2) is 9.97 Å². The van der Waals surface area contributed by atoms with Crippen molar-refractivity contribution in [3.63, 3.8) is 0 Å². The third-order valence-corrected chi connectivity index (χ3v) is 14.2. The van der Waals surface area contributed by atoms with E-state index < -0.39 is 20.3 Å². The molecule has 2 aromatic heterocycles. The van der Waals surface area contributed by atoms with Gasteiger partial charge in [-0.15, -0.1) is 0 Å². The van der Waals surface area contributed by atoms with Crippen molar-refractivity contribution in [2.75, 3.05) is 25.1 Å². The molecule has 0 saturated heterocycles. The lowest BCUT2D eigenvalue weighted by atomic mass is 10.0. The monoisotopic (exact) mass is 673 g/mol. The summed E-state index contributed by atoms with van der Waals surface area (Å²) in [5.74, 6) is 0.533. The lowest BCUT2D eigenvalue weighted by Crippen LogP contribution is -2.81. The molecule has 0 radical (unpaired) electrons. The zero-order chi connectivity index (χ0) is 34.4. The van der Waals surface area contributed by atoms with Gasteiger partial charge in [0.05, 0.1) is 19.8 Å². The van der Waals surface area contributed by atoms with Crippen molar-refractivity contribution >= 4 is 48.1 Å². The summed E-state index contributed by atoms with van der Waals surface area (Å²) in [4.78, 5) is 26.5. The van der Waals surface area contributed by atoms with Crippen LogP contribution in [0.2, 0.25) is 0 Å². The molecule has 1 amide bonds. The van der Waals surface area contributed by atoms with E-state index in [1.54, 1.807) is 24.4 Å². The summed E-state index contributed by atoms with van der Waals surface area (Å²) in [6.45, 7) is 9.06. The van der Waals surface area contributed by atoms with Gasteiger partial charge in [0.2, 0.25) is 17.8 Å². The molecular formula is C38H41N6O4Si+. The molecule has 5 aromatic rings. The molecule has 2 unspecified atom stereocenters. The van der Waals surface area contributed by atoms with Crippen molar-refractivity contribution in [1.29, 1.82) is 5.41 Å². The molecule has 49 heavy (non-hydrogen) atoms. The third kappa shape index (κ3) is 6.66. The van der Waals surface area contributed by atoms with E-state index in [1.807, 2.05) is 43.4 Å². The number of anilines is 1. The van der Waals surface area contributed by atoms with Crippen molar-refractivity contribution in [2.24, 2.45) is 0 Å². The first-order chi connectivity index (χ1) is 23.8. The van der Waals surface area contributed by atoms with Crippen LogP contribution >= 0.6 is 0 Å². The number of aryl methyl sites for hydroxylation is 2. The molecule has 4 N–H and O–H groups in total. The van der Waals surface area contributed by atoms with Gasteiger partial charge < -0.3 is 24.6 Å². The number of hydrogen-bond acceptors (Lipinski definition) is 8. The van der Waals surface area contributed by atoms with Crippen LogP contribution in [0, 0.1) is 19.3 Å². The van der Waals surface area contributed by atoms with Crippen molar-refractivity contribution in [3.05, 3.63) is 126 Å². The second-order valence-corrected chi connectivity index (χ2v) is 16.5. The number of amides is 1. The molecule has 250 valence electrons. The second kappa shape index (κ2) is 14.6. The van der Waals surface area contributed by atoms with Gasteiger partial charge in [-0.05, 0) is 41.9 Å². The number of para-hydroxylation sites is 1. The summed E-state index contributed by atoms with van der Waals surface area (Å²) in [5, 5.41) is 15.3. The summed E-state index contributed by atoms with van der Waals surface area (Å²) in [5.41, 5.74) is 4.81. The van der Waals surface area contributed by atoms with Gasteiger partial charge >= 0.3 is 0 Å². The first kappa shape index (κ1) is 33.8.